The number of carbonyl (C=O) groups is 1. The number of benzene rings is 1. The van der Waals surface area contributed by atoms with E-state index in [1.54, 1.807) is 6.20 Å². The van der Waals surface area contributed by atoms with E-state index in [0.717, 1.165) is 17.2 Å². The van der Waals surface area contributed by atoms with Gasteiger partial charge in [0, 0.05) is 19.2 Å². The number of nitrogens with zero attached hydrogens (tertiary/aromatic N) is 2. The standard InChI is InChI=1S/C17H21N3O/c1-13(2)11-17(21)19-14-9-10-16(18-12-14)20(3)15-7-5-4-6-8-15/h4-10,12-13H,11H2,1-3H3,(H,19,21). The molecule has 0 aliphatic rings. The molecule has 1 amide bonds. The van der Waals surface area contributed by atoms with Crippen LogP contribution in [0.4, 0.5) is 17.2 Å². The van der Waals surface area contributed by atoms with Crippen LogP contribution in [0, 0.1) is 5.92 Å². The summed E-state index contributed by atoms with van der Waals surface area (Å²) in [5.41, 5.74) is 1.80. The number of aromatic nitrogens is 1. The van der Waals surface area contributed by atoms with Gasteiger partial charge >= 0.3 is 0 Å². The van der Waals surface area contributed by atoms with Crippen LogP contribution in [0.1, 0.15) is 20.3 Å². The number of anilines is 3. The third-order valence-corrected chi connectivity index (χ3v) is 3.11. The van der Waals surface area contributed by atoms with Gasteiger partial charge in [-0.15, -0.1) is 0 Å². The highest BCUT2D eigenvalue weighted by atomic mass is 16.1. The second-order valence-electron chi connectivity index (χ2n) is 5.45. The smallest absolute Gasteiger partial charge is 0.224 e. The van der Waals surface area contributed by atoms with Gasteiger partial charge in [0.2, 0.25) is 5.91 Å². The number of carbonyl (C=O) groups excluding carboxylic acids is 1. The first-order chi connectivity index (χ1) is 10.1. The van der Waals surface area contributed by atoms with Crippen LogP contribution in [0.2, 0.25) is 0 Å². The largest absolute Gasteiger partial charge is 0.329 e. The van der Waals surface area contributed by atoms with Crippen molar-refractivity contribution in [3.63, 3.8) is 0 Å². The highest BCUT2D eigenvalue weighted by Crippen LogP contribution is 2.22. The van der Waals surface area contributed by atoms with Crippen LogP contribution in [0.15, 0.2) is 48.7 Å². The highest BCUT2D eigenvalue weighted by Gasteiger charge is 2.07. The van der Waals surface area contributed by atoms with Gasteiger partial charge in [-0.05, 0) is 30.2 Å². The summed E-state index contributed by atoms with van der Waals surface area (Å²) in [6, 6.07) is 13.8. The zero-order valence-corrected chi connectivity index (χ0v) is 12.7. The van der Waals surface area contributed by atoms with Crippen molar-refractivity contribution in [1.82, 2.24) is 4.98 Å². The summed E-state index contributed by atoms with van der Waals surface area (Å²) in [6.07, 6.45) is 2.21. The summed E-state index contributed by atoms with van der Waals surface area (Å²) in [5.74, 6) is 1.21. The van der Waals surface area contributed by atoms with Crippen LogP contribution < -0.4 is 10.2 Å². The van der Waals surface area contributed by atoms with Gasteiger partial charge in [0.25, 0.3) is 0 Å². The minimum absolute atomic E-state index is 0.0240. The van der Waals surface area contributed by atoms with Crippen molar-refractivity contribution in [2.75, 3.05) is 17.3 Å². The Balaban J connectivity index is 2.04. The van der Waals surface area contributed by atoms with Gasteiger partial charge in [-0.2, -0.15) is 0 Å². The number of rotatable bonds is 5. The van der Waals surface area contributed by atoms with Crippen molar-refractivity contribution in [1.29, 1.82) is 0 Å². The maximum absolute atomic E-state index is 11.7. The molecular weight excluding hydrogens is 262 g/mol. The Hall–Kier alpha value is -2.36. The third kappa shape index (κ3) is 4.31. The molecule has 0 atom stereocenters. The molecule has 0 aliphatic heterocycles. The van der Waals surface area contributed by atoms with Crippen molar-refractivity contribution in [2.45, 2.75) is 20.3 Å². The molecule has 0 radical (unpaired) electrons. The second-order valence-corrected chi connectivity index (χ2v) is 5.45. The van der Waals surface area contributed by atoms with E-state index in [4.69, 9.17) is 0 Å². The molecule has 0 bridgehead atoms. The molecule has 1 aromatic heterocycles. The first-order valence-corrected chi connectivity index (χ1v) is 7.11. The first kappa shape index (κ1) is 15.0. The van der Waals surface area contributed by atoms with Gasteiger partial charge in [0.05, 0.1) is 11.9 Å². The molecule has 0 fully saturated rings. The number of pyridine rings is 1. The Morgan fingerprint density at radius 2 is 1.90 bits per heavy atom. The summed E-state index contributed by atoms with van der Waals surface area (Å²) < 4.78 is 0. The van der Waals surface area contributed by atoms with E-state index in [9.17, 15) is 4.79 Å². The summed E-state index contributed by atoms with van der Waals surface area (Å²) in [5, 5.41) is 2.86. The van der Waals surface area contributed by atoms with Gasteiger partial charge < -0.3 is 10.2 Å². The zero-order chi connectivity index (χ0) is 15.2. The van der Waals surface area contributed by atoms with E-state index in [1.165, 1.54) is 0 Å². The van der Waals surface area contributed by atoms with Gasteiger partial charge in [0.15, 0.2) is 0 Å². The predicted octanol–water partition coefficient (Wildman–Crippen LogP) is 3.83. The average molecular weight is 283 g/mol. The fourth-order valence-electron chi connectivity index (χ4n) is 2.03. The van der Waals surface area contributed by atoms with Gasteiger partial charge in [-0.25, -0.2) is 4.98 Å². The molecule has 0 spiro atoms. The lowest BCUT2D eigenvalue weighted by atomic mass is 10.1. The second kappa shape index (κ2) is 6.88. The molecule has 0 aliphatic carbocycles. The first-order valence-electron chi connectivity index (χ1n) is 7.11. The maximum Gasteiger partial charge on any atom is 0.224 e. The van der Waals surface area contributed by atoms with Gasteiger partial charge in [0.1, 0.15) is 5.82 Å². The van der Waals surface area contributed by atoms with E-state index in [-0.39, 0.29) is 5.91 Å². The summed E-state index contributed by atoms with van der Waals surface area (Å²) in [4.78, 5) is 18.1. The average Bonchev–Trinajstić information content (AvgIpc) is 2.47. The molecule has 1 aromatic carbocycles. The van der Waals surface area contributed by atoms with Crippen molar-refractivity contribution < 1.29 is 4.79 Å². The molecule has 110 valence electrons. The van der Waals surface area contributed by atoms with Crippen LogP contribution in [0.5, 0.6) is 0 Å². The Kier molecular flexibility index (Phi) is 4.93. The van der Waals surface area contributed by atoms with Gasteiger partial charge in [-0.1, -0.05) is 32.0 Å². The number of hydrogen-bond acceptors (Lipinski definition) is 3. The molecule has 0 saturated carbocycles. The van der Waals surface area contributed by atoms with E-state index < -0.39 is 0 Å². The van der Waals surface area contributed by atoms with Gasteiger partial charge in [-0.3, -0.25) is 4.79 Å². The topological polar surface area (TPSA) is 45.2 Å². The summed E-state index contributed by atoms with van der Waals surface area (Å²) >= 11 is 0. The minimum Gasteiger partial charge on any atom is -0.329 e. The lowest BCUT2D eigenvalue weighted by Crippen LogP contribution is -2.15. The minimum atomic E-state index is 0.0240. The summed E-state index contributed by atoms with van der Waals surface area (Å²) in [6.45, 7) is 4.05. The van der Waals surface area contributed by atoms with Crippen LogP contribution >= 0.6 is 0 Å². The highest BCUT2D eigenvalue weighted by molar-refractivity contribution is 5.90. The molecule has 0 saturated heterocycles. The van der Waals surface area contributed by atoms with Crippen molar-refractivity contribution in [2.24, 2.45) is 5.92 Å². The Labute approximate surface area is 125 Å². The quantitative estimate of drug-likeness (QED) is 0.907. The van der Waals surface area contributed by atoms with E-state index >= 15 is 0 Å². The SMILES string of the molecule is CC(C)CC(=O)Nc1ccc(N(C)c2ccccc2)nc1. The third-order valence-electron chi connectivity index (χ3n) is 3.11. The van der Waals surface area contributed by atoms with E-state index in [2.05, 4.69) is 10.3 Å². The monoisotopic (exact) mass is 283 g/mol. The maximum atomic E-state index is 11.7. The van der Waals surface area contributed by atoms with Crippen LogP contribution in [-0.4, -0.2) is 17.9 Å². The normalized spacial score (nSPS) is 10.5. The Morgan fingerprint density at radius 1 is 1.19 bits per heavy atom. The molecular formula is C17H21N3O. The van der Waals surface area contributed by atoms with E-state index in [0.29, 0.717) is 12.3 Å². The molecule has 4 heteroatoms. The zero-order valence-electron chi connectivity index (χ0n) is 12.7. The van der Waals surface area contributed by atoms with Crippen molar-refractivity contribution >= 4 is 23.1 Å². The molecule has 2 rings (SSSR count). The number of nitrogens with one attached hydrogen (secondary N) is 1. The van der Waals surface area contributed by atoms with Crippen LogP contribution in [0.25, 0.3) is 0 Å². The van der Waals surface area contributed by atoms with E-state index in [1.807, 2.05) is 68.3 Å². The Morgan fingerprint density at radius 3 is 2.48 bits per heavy atom. The number of hydrogen-bond donors (Lipinski definition) is 1. The fraction of sp³-hybridized carbons (Fsp3) is 0.294. The number of amides is 1. The van der Waals surface area contributed by atoms with Crippen LogP contribution in [0.3, 0.4) is 0 Å². The fourth-order valence-corrected chi connectivity index (χ4v) is 2.03. The molecule has 1 N–H and O–H groups in total. The predicted molar refractivity (Wildman–Crippen MR) is 86.8 cm³/mol. The molecule has 0 unspecified atom stereocenters. The summed E-state index contributed by atoms with van der Waals surface area (Å²) in [7, 11) is 1.97. The Bertz CT molecular complexity index is 579. The lowest BCUT2D eigenvalue weighted by molar-refractivity contribution is -0.116. The molecule has 2 aromatic rings. The van der Waals surface area contributed by atoms with Crippen molar-refractivity contribution in [3.05, 3.63) is 48.7 Å². The van der Waals surface area contributed by atoms with Crippen LogP contribution in [-0.2, 0) is 4.79 Å². The molecule has 1 heterocycles. The van der Waals surface area contributed by atoms with Crippen molar-refractivity contribution in [3.8, 4) is 0 Å². The number of para-hydroxylation sites is 1. The molecule has 4 nitrogen and oxygen atoms in total. The molecule has 21 heavy (non-hydrogen) atoms. The lowest BCUT2D eigenvalue weighted by Gasteiger charge is -2.18.